The first kappa shape index (κ1) is 19.4. The van der Waals surface area contributed by atoms with E-state index >= 15 is 0 Å². The first-order valence-corrected chi connectivity index (χ1v) is 9.58. The molecule has 0 aliphatic rings. The lowest BCUT2D eigenvalue weighted by Crippen LogP contribution is -2.08. The molecule has 2 aromatic carbocycles. The fraction of sp³-hybridized carbons (Fsp3) is 0.182. The van der Waals surface area contributed by atoms with Crippen LogP contribution in [0.3, 0.4) is 0 Å². The standard InChI is InChI=1S/C22H20N4O4/c1-2-5-18-25-19-20(23-13-24-21(19)27)26(18)12-14-8-10-15(11-9-14)16-6-3-4-7-17(16)30-22(28)29/h3-4,6-11,13H,2,5,12H2,1H3,(H,28,29)(H,23,24,27). The van der Waals surface area contributed by atoms with Gasteiger partial charge in [-0.05, 0) is 23.6 Å². The van der Waals surface area contributed by atoms with Crippen LogP contribution in [0.25, 0.3) is 22.3 Å². The van der Waals surface area contributed by atoms with Gasteiger partial charge in [-0.25, -0.2) is 14.8 Å². The Hall–Kier alpha value is -3.94. The maximum Gasteiger partial charge on any atom is 0.511 e. The number of fused-ring (bicyclic) bond motifs is 1. The first-order valence-electron chi connectivity index (χ1n) is 9.58. The Morgan fingerprint density at radius 3 is 2.67 bits per heavy atom. The van der Waals surface area contributed by atoms with Crippen LogP contribution in [0.2, 0.25) is 0 Å². The Labute approximate surface area is 171 Å². The highest BCUT2D eigenvalue weighted by Crippen LogP contribution is 2.30. The number of imidazole rings is 1. The van der Waals surface area contributed by atoms with Gasteiger partial charge in [-0.1, -0.05) is 49.4 Å². The van der Waals surface area contributed by atoms with Crippen LogP contribution in [0.4, 0.5) is 4.79 Å². The zero-order valence-electron chi connectivity index (χ0n) is 16.3. The Kier molecular flexibility index (Phi) is 5.30. The number of hydrogen-bond acceptors (Lipinski definition) is 5. The number of rotatable bonds is 6. The van der Waals surface area contributed by atoms with Gasteiger partial charge in [-0.3, -0.25) is 4.79 Å². The lowest BCUT2D eigenvalue weighted by molar-refractivity contribution is 0.144. The minimum atomic E-state index is -1.35. The summed E-state index contributed by atoms with van der Waals surface area (Å²) in [5.41, 5.74) is 3.20. The number of aromatic amines is 1. The first-order chi connectivity index (χ1) is 14.6. The Bertz CT molecular complexity index is 1260. The molecule has 0 radical (unpaired) electrons. The van der Waals surface area contributed by atoms with E-state index in [4.69, 9.17) is 9.84 Å². The van der Waals surface area contributed by atoms with Gasteiger partial charge in [0, 0.05) is 12.0 Å². The summed E-state index contributed by atoms with van der Waals surface area (Å²) < 4.78 is 6.84. The average molecular weight is 404 g/mol. The molecule has 0 amide bonds. The molecule has 8 heteroatoms. The van der Waals surface area contributed by atoms with Crippen LogP contribution in [0.1, 0.15) is 24.7 Å². The number of para-hydroxylation sites is 1. The minimum absolute atomic E-state index is 0.249. The van der Waals surface area contributed by atoms with E-state index in [0.29, 0.717) is 23.3 Å². The van der Waals surface area contributed by atoms with Crippen molar-refractivity contribution in [2.24, 2.45) is 0 Å². The monoisotopic (exact) mass is 404 g/mol. The Morgan fingerprint density at radius 1 is 1.17 bits per heavy atom. The maximum absolute atomic E-state index is 12.1. The second kappa shape index (κ2) is 8.20. The van der Waals surface area contributed by atoms with Crippen LogP contribution in [0.5, 0.6) is 5.75 Å². The van der Waals surface area contributed by atoms with Gasteiger partial charge in [0.2, 0.25) is 0 Å². The highest BCUT2D eigenvalue weighted by atomic mass is 16.7. The predicted octanol–water partition coefficient (Wildman–Crippen LogP) is 3.84. The molecule has 0 unspecified atom stereocenters. The van der Waals surface area contributed by atoms with E-state index in [2.05, 4.69) is 21.9 Å². The fourth-order valence-electron chi connectivity index (χ4n) is 3.43. The summed E-state index contributed by atoms with van der Waals surface area (Å²) in [4.78, 5) is 34.4. The minimum Gasteiger partial charge on any atom is -0.449 e. The average Bonchev–Trinajstić information content (AvgIpc) is 3.08. The van der Waals surface area contributed by atoms with Crippen molar-refractivity contribution in [3.63, 3.8) is 0 Å². The second-order valence-corrected chi connectivity index (χ2v) is 6.83. The number of hydrogen-bond donors (Lipinski definition) is 2. The van der Waals surface area contributed by atoms with Crippen molar-refractivity contribution in [1.29, 1.82) is 0 Å². The molecule has 152 valence electrons. The van der Waals surface area contributed by atoms with Gasteiger partial charge in [0.15, 0.2) is 11.2 Å². The number of aromatic nitrogens is 4. The van der Waals surface area contributed by atoms with Crippen LogP contribution in [0, 0.1) is 0 Å². The molecule has 2 heterocycles. The van der Waals surface area contributed by atoms with Crippen LogP contribution >= 0.6 is 0 Å². The number of ether oxygens (including phenoxy) is 1. The van der Waals surface area contributed by atoms with E-state index in [1.807, 2.05) is 41.0 Å². The molecule has 0 saturated carbocycles. The molecular weight excluding hydrogens is 384 g/mol. The van der Waals surface area contributed by atoms with Crippen molar-refractivity contribution < 1.29 is 14.6 Å². The van der Waals surface area contributed by atoms with Crippen molar-refractivity contribution in [3.8, 4) is 16.9 Å². The van der Waals surface area contributed by atoms with E-state index in [1.54, 1.807) is 12.1 Å². The van der Waals surface area contributed by atoms with Gasteiger partial charge in [-0.15, -0.1) is 0 Å². The van der Waals surface area contributed by atoms with Crippen LogP contribution in [-0.2, 0) is 13.0 Å². The Balaban J connectivity index is 1.67. The fourth-order valence-corrected chi connectivity index (χ4v) is 3.43. The molecule has 4 rings (SSSR count). The van der Waals surface area contributed by atoms with E-state index in [-0.39, 0.29) is 11.3 Å². The zero-order chi connectivity index (χ0) is 21.1. The molecule has 2 N–H and O–H groups in total. The quantitative estimate of drug-likeness (QED) is 0.373. The highest BCUT2D eigenvalue weighted by Gasteiger charge is 2.15. The van der Waals surface area contributed by atoms with Crippen LogP contribution in [-0.4, -0.2) is 30.8 Å². The summed E-state index contributed by atoms with van der Waals surface area (Å²) in [6.45, 7) is 2.59. The molecule has 0 fully saturated rings. The van der Waals surface area contributed by atoms with Crippen molar-refractivity contribution in [3.05, 3.63) is 76.6 Å². The summed E-state index contributed by atoms with van der Waals surface area (Å²) in [7, 11) is 0. The van der Waals surface area contributed by atoms with Crippen molar-refractivity contribution in [1.82, 2.24) is 19.5 Å². The van der Waals surface area contributed by atoms with E-state index in [0.717, 1.165) is 29.8 Å². The van der Waals surface area contributed by atoms with E-state index < -0.39 is 6.16 Å². The van der Waals surface area contributed by atoms with Gasteiger partial charge in [0.25, 0.3) is 5.56 Å². The molecular formula is C22H20N4O4. The van der Waals surface area contributed by atoms with Crippen molar-refractivity contribution >= 4 is 17.3 Å². The van der Waals surface area contributed by atoms with E-state index in [1.165, 1.54) is 6.33 Å². The predicted molar refractivity (Wildman–Crippen MR) is 112 cm³/mol. The molecule has 30 heavy (non-hydrogen) atoms. The summed E-state index contributed by atoms with van der Waals surface area (Å²) in [6, 6.07) is 14.7. The summed E-state index contributed by atoms with van der Waals surface area (Å²) in [5, 5.41) is 8.94. The van der Waals surface area contributed by atoms with E-state index in [9.17, 15) is 9.59 Å². The summed E-state index contributed by atoms with van der Waals surface area (Å²) >= 11 is 0. The third-order valence-electron chi connectivity index (χ3n) is 4.78. The molecule has 0 aliphatic carbocycles. The molecule has 2 aromatic heterocycles. The topological polar surface area (TPSA) is 110 Å². The zero-order valence-corrected chi connectivity index (χ0v) is 16.3. The van der Waals surface area contributed by atoms with Crippen LogP contribution in [0.15, 0.2) is 59.7 Å². The van der Waals surface area contributed by atoms with Gasteiger partial charge in [0.05, 0.1) is 12.9 Å². The maximum atomic E-state index is 12.1. The van der Waals surface area contributed by atoms with Gasteiger partial charge in [0.1, 0.15) is 11.6 Å². The number of aryl methyl sites for hydroxylation is 1. The molecule has 0 aliphatic heterocycles. The molecule has 4 aromatic rings. The number of carboxylic acid groups (broad SMARTS) is 1. The SMILES string of the molecule is CCCc1nc2c(=O)[nH]cnc2n1Cc1ccc(-c2ccccc2OC(=O)O)cc1. The third kappa shape index (κ3) is 3.80. The largest absolute Gasteiger partial charge is 0.511 e. The highest BCUT2D eigenvalue weighted by molar-refractivity contribution is 5.74. The second-order valence-electron chi connectivity index (χ2n) is 6.83. The smallest absolute Gasteiger partial charge is 0.449 e. The van der Waals surface area contributed by atoms with Gasteiger partial charge >= 0.3 is 6.16 Å². The normalized spacial score (nSPS) is 11.0. The van der Waals surface area contributed by atoms with Crippen molar-refractivity contribution in [2.45, 2.75) is 26.3 Å². The number of carbonyl (C=O) groups is 1. The summed E-state index contributed by atoms with van der Waals surface area (Å²) in [5.74, 6) is 1.10. The number of benzene rings is 2. The summed E-state index contributed by atoms with van der Waals surface area (Å²) in [6.07, 6.45) is 1.69. The lowest BCUT2D eigenvalue weighted by Gasteiger charge is -2.11. The number of nitrogens with zero attached hydrogens (tertiary/aromatic N) is 3. The molecule has 0 bridgehead atoms. The lowest BCUT2D eigenvalue weighted by atomic mass is 10.0. The molecule has 0 saturated heterocycles. The Morgan fingerprint density at radius 2 is 1.93 bits per heavy atom. The van der Waals surface area contributed by atoms with Crippen molar-refractivity contribution in [2.75, 3.05) is 0 Å². The molecule has 8 nitrogen and oxygen atoms in total. The van der Waals surface area contributed by atoms with Gasteiger partial charge < -0.3 is 19.4 Å². The number of nitrogens with one attached hydrogen (secondary N) is 1. The van der Waals surface area contributed by atoms with Gasteiger partial charge in [-0.2, -0.15) is 0 Å². The molecule has 0 atom stereocenters. The van der Waals surface area contributed by atoms with Crippen LogP contribution < -0.4 is 10.3 Å². The third-order valence-corrected chi connectivity index (χ3v) is 4.78. The number of H-pyrrole nitrogens is 1. The molecule has 0 spiro atoms.